The number of hydrogen-bond donors (Lipinski definition) is 2. The first-order valence-corrected chi connectivity index (χ1v) is 5.85. The van der Waals surface area contributed by atoms with Crippen LogP contribution in [0.25, 0.3) is 0 Å². The first-order chi connectivity index (χ1) is 7.90. The van der Waals surface area contributed by atoms with Gasteiger partial charge in [-0.1, -0.05) is 13.8 Å². The summed E-state index contributed by atoms with van der Waals surface area (Å²) in [6, 6.07) is 3.33. The molecular weight excluding hydrogens is 216 g/mol. The van der Waals surface area contributed by atoms with E-state index in [1.165, 1.54) is 6.42 Å². The predicted octanol–water partition coefficient (Wildman–Crippen LogP) is 2.55. The molecule has 1 aromatic heterocycles. The van der Waals surface area contributed by atoms with Crippen molar-refractivity contribution in [3.63, 3.8) is 0 Å². The van der Waals surface area contributed by atoms with Crippen molar-refractivity contribution in [2.75, 3.05) is 11.9 Å². The highest BCUT2D eigenvalue weighted by molar-refractivity contribution is 5.89. The summed E-state index contributed by atoms with van der Waals surface area (Å²) < 4.78 is 0. The summed E-state index contributed by atoms with van der Waals surface area (Å²) in [7, 11) is 0. The molecule has 0 bridgehead atoms. The number of nitrogens with one attached hydrogen (secondary N) is 1. The average molecular weight is 234 g/mol. The molecule has 2 N–H and O–H groups in total. The molecule has 2 rings (SSSR count). The molecule has 0 amide bonds. The van der Waals surface area contributed by atoms with Gasteiger partial charge in [0.25, 0.3) is 0 Å². The van der Waals surface area contributed by atoms with Crippen molar-refractivity contribution in [1.29, 1.82) is 0 Å². The Morgan fingerprint density at radius 3 is 2.71 bits per heavy atom. The van der Waals surface area contributed by atoms with E-state index in [0.29, 0.717) is 17.0 Å². The fraction of sp³-hybridized carbons (Fsp3) is 0.538. The Morgan fingerprint density at radius 2 is 2.24 bits per heavy atom. The normalized spacial score (nSPS) is 21.0. The molecule has 4 nitrogen and oxygen atoms in total. The highest BCUT2D eigenvalue weighted by atomic mass is 16.4. The van der Waals surface area contributed by atoms with E-state index >= 15 is 0 Å². The van der Waals surface area contributed by atoms with Crippen LogP contribution in [0.1, 0.15) is 36.3 Å². The van der Waals surface area contributed by atoms with E-state index in [1.807, 2.05) is 0 Å². The zero-order chi connectivity index (χ0) is 12.6. The third kappa shape index (κ3) is 2.57. The van der Waals surface area contributed by atoms with E-state index < -0.39 is 5.97 Å². The van der Waals surface area contributed by atoms with Gasteiger partial charge >= 0.3 is 5.97 Å². The molecule has 0 aromatic carbocycles. The van der Waals surface area contributed by atoms with Gasteiger partial charge in [0.05, 0.1) is 11.3 Å². The molecular formula is C13H18N2O2. The highest BCUT2D eigenvalue weighted by Crippen LogP contribution is 2.51. The van der Waals surface area contributed by atoms with Crippen molar-refractivity contribution < 1.29 is 9.90 Å². The summed E-state index contributed by atoms with van der Waals surface area (Å²) in [5, 5.41) is 12.2. The van der Waals surface area contributed by atoms with Gasteiger partial charge in [0.15, 0.2) is 0 Å². The quantitative estimate of drug-likeness (QED) is 0.840. The van der Waals surface area contributed by atoms with Crippen molar-refractivity contribution >= 4 is 11.8 Å². The number of aryl methyl sites for hydroxylation is 1. The second kappa shape index (κ2) is 4.02. The smallest absolute Gasteiger partial charge is 0.337 e. The van der Waals surface area contributed by atoms with Gasteiger partial charge < -0.3 is 10.4 Å². The molecule has 92 valence electrons. The van der Waals surface area contributed by atoms with Crippen LogP contribution in [0.2, 0.25) is 0 Å². The Balaban J connectivity index is 1.98. The topological polar surface area (TPSA) is 62.2 Å². The summed E-state index contributed by atoms with van der Waals surface area (Å²) in [6.45, 7) is 7.14. The summed E-state index contributed by atoms with van der Waals surface area (Å²) in [5.74, 6) is 0.531. The Hall–Kier alpha value is -1.58. The standard InChI is InChI=1S/C13H18N2O2/c1-8-10(12(16)17)4-5-11(15-8)14-7-9-6-13(9,2)3/h4-5,9H,6-7H2,1-3H3,(H,14,15)(H,16,17). The first-order valence-electron chi connectivity index (χ1n) is 5.85. The molecule has 17 heavy (non-hydrogen) atoms. The molecule has 0 saturated heterocycles. The Morgan fingerprint density at radius 1 is 1.59 bits per heavy atom. The number of aromatic nitrogens is 1. The van der Waals surface area contributed by atoms with Gasteiger partial charge in [-0.15, -0.1) is 0 Å². The maximum atomic E-state index is 10.8. The van der Waals surface area contributed by atoms with Crippen molar-refractivity contribution in [3.8, 4) is 0 Å². The number of aromatic carboxylic acids is 1. The zero-order valence-corrected chi connectivity index (χ0v) is 10.4. The van der Waals surface area contributed by atoms with Crippen LogP contribution in [-0.4, -0.2) is 22.6 Å². The van der Waals surface area contributed by atoms with Crippen LogP contribution in [0, 0.1) is 18.3 Å². The lowest BCUT2D eigenvalue weighted by Gasteiger charge is -2.08. The van der Waals surface area contributed by atoms with Crippen LogP contribution >= 0.6 is 0 Å². The number of nitrogens with zero attached hydrogens (tertiary/aromatic N) is 1. The second-order valence-electron chi connectivity index (χ2n) is 5.41. The van der Waals surface area contributed by atoms with Crippen LogP contribution in [0.3, 0.4) is 0 Å². The van der Waals surface area contributed by atoms with E-state index in [2.05, 4.69) is 24.1 Å². The number of carbonyl (C=O) groups is 1. The molecule has 1 atom stereocenters. The Labute approximate surface area is 101 Å². The van der Waals surface area contributed by atoms with E-state index in [9.17, 15) is 4.79 Å². The third-order valence-electron chi connectivity index (χ3n) is 3.56. The monoisotopic (exact) mass is 234 g/mol. The summed E-state index contributed by atoms with van der Waals surface area (Å²) in [5.41, 5.74) is 1.27. The minimum Gasteiger partial charge on any atom is -0.478 e. The summed E-state index contributed by atoms with van der Waals surface area (Å²) in [6.07, 6.45) is 1.24. The summed E-state index contributed by atoms with van der Waals surface area (Å²) in [4.78, 5) is 15.1. The Bertz CT molecular complexity index is 455. The minimum atomic E-state index is -0.926. The van der Waals surface area contributed by atoms with E-state index in [1.54, 1.807) is 19.1 Å². The number of carboxylic acid groups (broad SMARTS) is 1. The Kier molecular flexibility index (Phi) is 2.81. The lowest BCUT2D eigenvalue weighted by atomic mass is 10.1. The minimum absolute atomic E-state index is 0.266. The molecule has 1 unspecified atom stereocenters. The van der Waals surface area contributed by atoms with Gasteiger partial charge in [0.1, 0.15) is 5.82 Å². The zero-order valence-electron chi connectivity index (χ0n) is 10.4. The van der Waals surface area contributed by atoms with Gasteiger partial charge in [-0.3, -0.25) is 0 Å². The largest absolute Gasteiger partial charge is 0.478 e. The fourth-order valence-electron chi connectivity index (χ4n) is 2.04. The van der Waals surface area contributed by atoms with Crippen LogP contribution in [0.4, 0.5) is 5.82 Å². The second-order valence-corrected chi connectivity index (χ2v) is 5.41. The number of rotatable bonds is 4. The molecule has 0 spiro atoms. The van der Waals surface area contributed by atoms with Crippen LogP contribution in [0.15, 0.2) is 12.1 Å². The molecule has 0 aliphatic heterocycles. The number of pyridine rings is 1. The molecule has 4 heteroatoms. The van der Waals surface area contributed by atoms with E-state index in [4.69, 9.17) is 5.11 Å². The van der Waals surface area contributed by atoms with Crippen LogP contribution < -0.4 is 5.32 Å². The van der Waals surface area contributed by atoms with Gasteiger partial charge in [0.2, 0.25) is 0 Å². The van der Waals surface area contributed by atoms with Crippen molar-refractivity contribution in [3.05, 3.63) is 23.4 Å². The maximum Gasteiger partial charge on any atom is 0.337 e. The highest BCUT2D eigenvalue weighted by Gasteiger charge is 2.44. The number of anilines is 1. The lowest BCUT2D eigenvalue weighted by molar-refractivity contribution is 0.0695. The summed E-state index contributed by atoms with van der Waals surface area (Å²) >= 11 is 0. The van der Waals surface area contributed by atoms with Crippen LogP contribution in [-0.2, 0) is 0 Å². The molecule has 1 heterocycles. The average Bonchev–Trinajstić information content (AvgIpc) is 2.83. The maximum absolute atomic E-state index is 10.8. The van der Waals surface area contributed by atoms with Gasteiger partial charge in [-0.25, -0.2) is 9.78 Å². The van der Waals surface area contributed by atoms with Crippen molar-refractivity contribution in [1.82, 2.24) is 4.98 Å². The SMILES string of the molecule is Cc1nc(NCC2CC2(C)C)ccc1C(=O)O. The van der Waals surface area contributed by atoms with Crippen molar-refractivity contribution in [2.45, 2.75) is 27.2 Å². The fourth-order valence-corrected chi connectivity index (χ4v) is 2.04. The van der Waals surface area contributed by atoms with Gasteiger partial charge in [-0.05, 0) is 36.8 Å². The molecule has 1 aliphatic rings. The number of carboxylic acids is 1. The van der Waals surface area contributed by atoms with Gasteiger partial charge in [0, 0.05) is 6.54 Å². The van der Waals surface area contributed by atoms with Crippen molar-refractivity contribution in [2.24, 2.45) is 11.3 Å². The van der Waals surface area contributed by atoms with E-state index in [0.717, 1.165) is 12.4 Å². The van der Waals surface area contributed by atoms with E-state index in [-0.39, 0.29) is 5.56 Å². The number of hydrogen-bond acceptors (Lipinski definition) is 3. The molecule has 1 fully saturated rings. The lowest BCUT2D eigenvalue weighted by Crippen LogP contribution is -2.10. The van der Waals surface area contributed by atoms with Gasteiger partial charge in [-0.2, -0.15) is 0 Å². The first kappa shape index (κ1) is 11.9. The predicted molar refractivity (Wildman–Crippen MR) is 66.3 cm³/mol. The van der Waals surface area contributed by atoms with Crippen LogP contribution in [0.5, 0.6) is 0 Å². The molecule has 0 radical (unpaired) electrons. The molecule has 1 aromatic rings. The molecule has 1 saturated carbocycles. The molecule has 1 aliphatic carbocycles. The third-order valence-corrected chi connectivity index (χ3v) is 3.56.